The molecule has 192 valence electrons. The van der Waals surface area contributed by atoms with E-state index in [0.29, 0.717) is 6.61 Å². The highest BCUT2D eigenvalue weighted by atomic mass is 16.5. The minimum atomic E-state index is 0.633. The van der Waals surface area contributed by atoms with Crippen molar-refractivity contribution >= 4 is 21.5 Å². The minimum Gasteiger partial charge on any atom is -0.497 e. The van der Waals surface area contributed by atoms with Crippen LogP contribution >= 0.6 is 0 Å². The molecule has 2 heteroatoms. The van der Waals surface area contributed by atoms with Crippen LogP contribution in [0.25, 0.3) is 43.8 Å². The van der Waals surface area contributed by atoms with Crippen molar-refractivity contribution in [1.82, 2.24) is 0 Å². The van der Waals surface area contributed by atoms with Gasteiger partial charge >= 0.3 is 0 Å². The fourth-order valence-electron chi connectivity index (χ4n) is 5.35. The molecule has 6 aromatic rings. The Labute approximate surface area is 230 Å². The van der Waals surface area contributed by atoms with Gasteiger partial charge in [0.2, 0.25) is 0 Å². The Hall–Kier alpha value is -4.56. The van der Waals surface area contributed by atoms with Crippen LogP contribution in [-0.2, 0) is 12.8 Å². The van der Waals surface area contributed by atoms with Gasteiger partial charge in [0.15, 0.2) is 0 Å². The first-order valence-electron chi connectivity index (χ1n) is 13.6. The van der Waals surface area contributed by atoms with Crippen molar-refractivity contribution in [2.75, 3.05) is 13.7 Å². The molecule has 0 bridgehead atoms. The summed E-state index contributed by atoms with van der Waals surface area (Å²) in [5.74, 6) is 1.77. The summed E-state index contributed by atoms with van der Waals surface area (Å²) in [5, 5.41) is 5.05. The van der Waals surface area contributed by atoms with Gasteiger partial charge in [-0.15, -0.1) is 0 Å². The lowest BCUT2D eigenvalue weighted by atomic mass is 9.96. The van der Waals surface area contributed by atoms with Gasteiger partial charge in [0.05, 0.1) is 13.7 Å². The van der Waals surface area contributed by atoms with Crippen LogP contribution in [-0.4, -0.2) is 13.7 Å². The number of hydrogen-bond donors (Lipinski definition) is 0. The summed E-state index contributed by atoms with van der Waals surface area (Å²) >= 11 is 0. The molecule has 0 aliphatic carbocycles. The predicted octanol–water partition coefficient (Wildman–Crippen LogP) is 9.52. The van der Waals surface area contributed by atoms with Crippen LogP contribution in [0.1, 0.15) is 18.1 Å². The van der Waals surface area contributed by atoms with E-state index in [2.05, 4.69) is 116 Å². The van der Waals surface area contributed by atoms with Crippen molar-refractivity contribution in [2.45, 2.75) is 19.8 Å². The molecular weight excluding hydrogens is 476 g/mol. The van der Waals surface area contributed by atoms with Crippen molar-refractivity contribution < 1.29 is 9.47 Å². The van der Waals surface area contributed by atoms with Crippen LogP contribution < -0.4 is 9.47 Å². The zero-order valence-corrected chi connectivity index (χ0v) is 22.5. The number of fused-ring (bicyclic) bond motifs is 2. The van der Waals surface area contributed by atoms with E-state index in [1.807, 2.05) is 12.1 Å². The predicted molar refractivity (Wildman–Crippen MR) is 164 cm³/mol. The molecule has 0 aliphatic rings. The average molecular weight is 509 g/mol. The fraction of sp³-hybridized carbons (Fsp3) is 0.135. The summed E-state index contributed by atoms with van der Waals surface area (Å²) in [5.41, 5.74) is 7.47. The molecule has 39 heavy (non-hydrogen) atoms. The first-order chi connectivity index (χ1) is 19.2. The maximum absolute atomic E-state index is 6.14. The third-order valence-corrected chi connectivity index (χ3v) is 7.50. The Kier molecular flexibility index (Phi) is 7.01. The number of aryl methyl sites for hydroxylation is 1. The highest BCUT2D eigenvalue weighted by molar-refractivity contribution is 5.98. The monoisotopic (exact) mass is 508 g/mol. The number of hydrogen-bond acceptors (Lipinski definition) is 2. The molecule has 0 saturated carbocycles. The van der Waals surface area contributed by atoms with E-state index in [1.165, 1.54) is 49.4 Å². The Morgan fingerprint density at radius 2 is 1.18 bits per heavy atom. The number of ether oxygens (including phenoxy) is 2. The third kappa shape index (κ3) is 5.24. The maximum Gasteiger partial charge on any atom is 0.119 e. The first-order valence-corrected chi connectivity index (χ1v) is 13.6. The molecule has 0 heterocycles. The molecule has 0 spiro atoms. The molecular formula is C37H32O2. The molecule has 0 N–H and O–H groups in total. The molecule has 0 saturated heterocycles. The zero-order chi connectivity index (χ0) is 26.6. The van der Waals surface area contributed by atoms with Crippen molar-refractivity contribution in [3.8, 4) is 33.8 Å². The molecule has 0 fully saturated rings. The van der Waals surface area contributed by atoms with Gasteiger partial charge < -0.3 is 9.47 Å². The lowest BCUT2D eigenvalue weighted by molar-refractivity contribution is 0.322. The number of methoxy groups -OCH3 is 1. The van der Waals surface area contributed by atoms with Gasteiger partial charge in [0.25, 0.3) is 0 Å². The Morgan fingerprint density at radius 1 is 0.538 bits per heavy atom. The average Bonchev–Trinajstić information content (AvgIpc) is 3.00. The summed E-state index contributed by atoms with van der Waals surface area (Å²) in [4.78, 5) is 0. The summed E-state index contributed by atoms with van der Waals surface area (Å²) < 4.78 is 11.6. The number of rotatable bonds is 8. The summed E-state index contributed by atoms with van der Waals surface area (Å²) in [6.07, 6.45) is 1.90. The topological polar surface area (TPSA) is 18.5 Å². The molecule has 0 amide bonds. The molecule has 2 nitrogen and oxygen atoms in total. The number of benzene rings is 6. The van der Waals surface area contributed by atoms with Gasteiger partial charge in [-0.2, -0.15) is 0 Å². The van der Waals surface area contributed by atoms with Crippen LogP contribution in [0.15, 0.2) is 121 Å². The largest absolute Gasteiger partial charge is 0.497 e. The van der Waals surface area contributed by atoms with E-state index >= 15 is 0 Å². The normalized spacial score (nSPS) is 11.1. The van der Waals surface area contributed by atoms with Gasteiger partial charge in [-0.1, -0.05) is 104 Å². The molecule has 0 aromatic heterocycles. The molecule has 0 aliphatic heterocycles. The quantitative estimate of drug-likeness (QED) is 0.204. The minimum absolute atomic E-state index is 0.633. The Bertz CT molecular complexity index is 1750. The van der Waals surface area contributed by atoms with Crippen molar-refractivity contribution in [1.29, 1.82) is 0 Å². The second-order valence-electron chi connectivity index (χ2n) is 9.93. The van der Waals surface area contributed by atoms with Gasteiger partial charge in [-0.05, 0) is 85.6 Å². The van der Waals surface area contributed by atoms with Crippen LogP contribution in [0.4, 0.5) is 0 Å². The van der Waals surface area contributed by atoms with Crippen LogP contribution in [0.5, 0.6) is 11.5 Å². The fourth-order valence-corrected chi connectivity index (χ4v) is 5.35. The lowest BCUT2D eigenvalue weighted by Gasteiger charge is -2.11. The van der Waals surface area contributed by atoms with E-state index < -0.39 is 0 Å². The van der Waals surface area contributed by atoms with Gasteiger partial charge in [-0.25, -0.2) is 0 Å². The first kappa shape index (κ1) is 24.8. The van der Waals surface area contributed by atoms with Crippen molar-refractivity contribution in [3.05, 3.63) is 132 Å². The van der Waals surface area contributed by atoms with Crippen LogP contribution in [0, 0.1) is 0 Å². The van der Waals surface area contributed by atoms with E-state index in [-0.39, 0.29) is 0 Å². The smallest absolute Gasteiger partial charge is 0.119 e. The maximum atomic E-state index is 6.14. The second kappa shape index (κ2) is 11.0. The highest BCUT2D eigenvalue weighted by Crippen LogP contribution is 2.32. The standard InChI is InChI=1S/C37H32O2/c1-3-26-13-19-36-29(23-26)8-5-11-34(36)28-15-17-32(18-16-28)39-22-21-27-14-20-37-30(24-27)9-6-12-35(37)31-7-4-10-33(25-31)38-2/h4-20,23-25H,3,21-22H2,1-2H3. The third-order valence-electron chi connectivity index (χ3n) is 7.50. The van der Waals surface area contributed by atoms with Crippen molar-refractivity contribution in [3.63, 3.8) is 0 Å². The van der Waals surface area contributed by atoms with Crippen LogP contribution in [0.3, 0.4) is 0 Å². The Morgan fingerprint density at radius 3 is 1.87 bits per heavy atom. The van der Waals surface area contributed by atoms with E-state index in [9.17, 15) is 0 Å². The lowest BCUT2D eigenvalue weighted by Crippen LogP contribution is -2.01. The van der Waals surface area contributed by atoms with Gasteiger partial charge in [0.1, 0.15) is 11.5 Å². The van der Waals surface area contributed by atoms with Gasteiger partial charge in [-0.3, -0.25) is 0 Å². The van der Waals surface area contributed by atoms with E-state index in [4.69, 9.17) is 9.47 Å². The zero-order valence-electron chi connectivity index (χ0n) is 22.5. The molecule has 6 rings (SSSR count). The highest BCUT2D eigenvalue weighted by Gasteiger charge is 2.08. The van der Waals surface area contributed by atoms with E-state index in [1.54, 1.807) is 7.11 Å². The van der Waals surface area contributed by atoms with Crippen LogP contribution in [0.2, 0.25) is 0 Å². The molecule has 0 radical (unpaired) electrons. The summed E-state index contributed by atoms with van der Waals surface area (Å²) in [6, 6.07) is 43.2. The molecule has 6 aromatic carbocycles. The second-order valence-corrected chi connectivity index (χ2v) is 9.93. The Balaban J connectivity index is 1.14. The molecule has 0 unspecified atom stereocenters. The van der Waals surface area contributed by atoms with Gasteiger partial charge in [0, 0.05) is 6.42 Å². The van der Waals surface area contributed by atoms with E-state index in [0.717, 1.165) is 29.9 Å². The molecule has 0 atom stereocenters. The summed E-state index contributed by atoms with van der Waals surface area (Å²) in [6.45, 7) is 2.83. The SMILES string of the molecule is CCc1ccc2c(-c3ccc(OCCc4ccc5c(-c6cccc(OC)c6)cccc5c4)cc3)cccc2c1. The van der Waals surface area contributed by atoms with Crippen molar-refractivity contribution in [2.24, 2.45) is 0 Å². The summed E-state index contributed by atoms with van der Waals surface area (Å²) in [7, 11) is 1.71.